The number of rotatable bonds is 7. The minimum atomic E-state index is -0.156. The van der Waals surface area contributed by atoms with E-state index in [4.69, 9.17) is 11.6 Å². The van der Waals surface area contributed by atoms with Crippen LogP contribution in [-0.2, 0) is 6.42 Å². The second-order valence-electron chi connectivity index (χ2n) is 7.00. The highest BCUT2D eigenvalue weighted by Crippen LogP contribution is 2.22. The summed E-state index contributed by atoms with van der Waals surface area (Å²) in [6.45, 7) is 4.15. The van der Waals surface area contributed by atoms with Crippen LogP contribution in [-0.4, -0.2) is 10.9 Å². The molecule has 3 rings (SSSR count). The number of nitrogens with zero attached hydrogens (tertiary/aromatic N) is 1. The van der Waals surface area contributed by atoms with Gasteiger partial charge in [0.05, 0.1) is 5.69 Å². The van der Waals surface area contributed by atoms with Gasteiger partial charge in [-0.05, 0) is 61.2 Å². The van der Waals surface area contributed by atoms with Crippen molar-refractivity contribution in [1.29, 1.82) is 0 Å². The molecule has 3 nitrogen and oxygen atoms in total. The fourth-order valence-corrected chi connectivity index (χ4v) is 3.21. The predicted octanol–water partition coefficient (Wildman–Crippen LogP) is 6.70. The number of benzene rings is 2. The summed E-state index contributed by atoms with van der Waals surface area (Å²) >= 11 is 6.02. The van der Waals surface area contributed by atoms with E-state index in [1.54, 1.807) is 6.07 Å². The Bertz CT molecular complexity index is 934. The zero-order valence-corrected chi connectivity index (χ0v) is 17.1. The van der Waals surface area contributed by atoms with Crippen molar-refractivity contribution in [2.24, 2.45) is 0 Å². The van der Waals surface area contributed by atoms with Gasteiger partial charge in [0.25, 0.3) is 5.91 Å². The van der Waals surface area contributed by atoms with Crippen LogP contribution in [0.5, 0.6) is 0 Å². The number of pyridine rings is 1. The molecule has 4 heteroatoms. The fourth-order valence-electron chi connectivity index (χ4n) is 3.04. The maximum absolute atomic E-state index is 12.5. The molecular formula is C24H25ClN2O. The number of nitrogens with one attached hydrogen (secondary N) is 1. The molecule has 0 saturated carbocycles. The first-order chi connectivity index (χ1) is 13.6. The normalized spacial score (nSPS) is 10.7. The molecule has 0 aliphatic heterocycles. The predicted molar refractivity (Wildman–Crippen MR) is 117 cm³/mol. The van der Waals surface area contributed by atoms with Crippen LogP contribution >= 0.6 is 11.6 Å². The molecule has 0 atom stereocenters. The zero-order valence-electron chi connectivity index (χ0n) is 16.3. The number of amides is 1. The van der Waals surface area contributed by atoms with Gasteiger partial charge in [-0.25, -0.2) is 0 Å². The molecule has 0 spiro atoms. The zero-order chi connectivity index (χ0) is 19.9. The molecule has 3 aromatic rings. The smallest absolute Gasteiger partial charge is 0.255 e. The monoisotopic (exact) mass is 392 g/mol. The SMILES string of the molecule is CCCCCc1ccc(-c2ccc(C(=O)Nc3cc(Cl)ccc3C)cc2)nc1. The van der Waals surface area contributed by atoms with Crippen LogP contribution in [0.2, 0.25) is 5.02 Å². The van der Waals surface area contributed by atoms with Gasteiger partial charge in [-0.15, -0.1) is 0 Å². The highest BCUT2D eigenvalue weighted by Gasteiger charge is 2.09. The topological polar surface area (TPSA) is 42.0 Å². The minimum absolute atomic E-state index is 0.156. The molecule has 0 unspecified atom stereocenters. The Morgan fingerprint density at radius 3 is 2.50 bits per heavy atom. The van der Waals surface area contributed by atoms with Crippen LogP contribution in [0, 0.1) is 6.92 Å². The quantitative estimate of drug-likeness (QED) is 0.455. The summed E-state index contributed by atoms with van der Waals surface area (Å²) in [4.78, 5) is 17.1. The first kappa shape index (κ1) is 20.1. The van der Waals surface area contributed by atoms with Crippen LogP contribution in [0.15, 0.2) is 60.8 Å². The van der Waals surface area contributed by atoms with Crippen LogP contribution in [0.25, 0.3) is 11.3 Å². The van der Waals surface area contributed by atoms with E-state index in [1.165, 1.54) is 24.8 Å². The van der Waals surface area contributed by atoms with Gasteiger partial charge in [0.2, 0.25) is 0 Å². The van der Waals surface area contributed by atoms with E-state index in [-0.39, 0.29) is 5.91 Å². The van der Waals surface area contributed by atoms with Crippen molar-refractivity contribution in [1.82, 2.24) is 4.98 Å². The van der Waals surface area contributed by atoms with Crippen molar-refractivity contribution in [2.45, 2.75) is 39.5 Å². The van der Waals surface area contributed by atoms with E-state index in [9.17, 15) is 4.79 Å². The van der Waals surface area contributed by atoms with Crippen molar-refractivity contribution in [3.05, 3.63) is 82.5 Å². The second kappa shape index (κ2) is 9.52. The fraction of sp³-hybridized carbons (Fsp3) is 0.250. The van der Waals surface area contributed by atoms with Gasteiger partial charge in [0, 0.05) is 28.0 Å². The van der Waals surface area contributed by atoms with Crippen molar-refractivity contribution in [2.75, 3.05) is 5.32 Å². The lowest BCUT2D eigenvalue weighted by Gasteiger charge is -2.09. The number of carbonyl (C=O) groups excluding carboxylic acids is 1. The van der Waals surface area contributed by atoms with Gasteiger partial charge in [0.1, 0.15) is 0 Å². The maximum Gasteiger partial charge on any atom is 0.255 e. The van der Waals surface area contributed by atoms with Crippen LogP contribution < -0.4 is 5.32 Å². The van der Waals surface area contributed by atoms with Gasteiger partial charge in [0.15, 0.2) is 0 Å². The number of anilines is 1. The Hall–Kier alpha value is -2.65. The van der Waals surface area contributed by atoms with E-state index in [0.29, 0.717) is 10.6 Å². The second-order valence-corrected chi connectivity index (χ2v) is 7.44. The Kier molecular flexibility index (Phi) is 6.83. The standard InChI is InChI=1S/C24H25ClN2O/c1-3-4-5-6-18-8-14-22(26-16-18)19-9-11-20(12-10-19)24(28)27-23-15-21(25)13-7-17(23)2/h7-16H,3-6H2,1-2H3,(H,27,28). The summed E-state index contributed by atoms with van der Waals surface area (Å²) in [6, 6.07) is 17.1. The third kappa shape index (κ3) is 5.20. The average Bonchev–Trinajstić information content (AvgIpc) is 2.71. The number of aromatic nitrogens is 1. The molecule has 0 aliphatic rings. The molecule has 0 saturated heterocycles. The van der Waals surface area contributed by atoms with Crippen molar-refractivity contribution in [3.63, 3.8) is 0 Å². The van der Waals surface area contributed by atoms with Crippen LogP contribution in [0.1, 0.15) is 47.7 Å². The minimum Gasteiger partial charge on any atom is -0.322 e. The van der Waals surface area contributed by atoms with Crippen LogP contribution in [0.3, 0.4) is 0 Å². The lowest BCUT2D eigenvalue weighted by Crippen LogP contribution is -2.12. The number of hydrogen-bond acceptors (Lipinski definition) is 2. The van der Waals surface area contributed by atoms with Crippen LogP contribution in [0.4, 0.5) is 5.69 Å². The van der Waals surface area contributed by atoms with Gasteiger partial charge >= 0.3 is 0 Å². The Balaban J connectivity index is 1.67. The molecule has 144 valence electrons. The molecule has 0 bridgehead atoms. The Labute approximate surface area is 171 Å². The molecular weight excluding hydrogens is 368 g/mol. The van der Waals surface area contributed by atoms with Crippen molar-refractivity contribution >= 4 is 23.2 Å². The lowest BCUT2D eigenvalue weighted by molar-refractivity contribution is 0.102. The third-order valence-corrected chi connectivity index (χ3v) is 5.02. The molecule has 0 radical (unpaired) electrons. The van der Waals surface area contributed by atoms with Gasteiger partial charge < -0.3 is 5.32 Å². The first-order valence-corrected chi connectivity index (χ1v) is 10.1. The highest BCUT2D eigenvalue weighted by atomic mass is 35.5. The van der Waals surface area contributed by atoms with Crippen molar-refractivity contribution in [3.8, 4) is 11.3 Å². The maximum atomic E-state index is 12.5. The number of unbranched alkanes of at least 4 members (excludes halogenated alkanes) is 2. The lowest BCUT2D eigenvalue weighted by atomic mass is 10.1. The first-order valence-electron chi connectivity index (χ1n) is 9.69. The molecule has 0 aliphatic carbocycles. The molecule has 1 amide bonds. The number of halogens is 1. The Morgan fingerprint density at radius 1 is 1.04 bits per heavy atom. The van der Waals surface area contributed by atoms with Gasteiger partial charge in [-0.1, -0.05) is 55.6 Å². The van der Waals surface area contributed by atoms with Crippen molar-refractivity contribution < 1.29 is 4.79 Å². The summed E-state index contributed by atoms with van der Waals surface area (Å²) in [5.74, 6) is -0.156. The molecule has 28 heavy (non-hydrogen) atoms. The summed E-state index contributed by atoms with van der Waals surface area (Å²) in [5, 5.41) is 3.52. The van der Waals surface area contributed by atoms with Gasteiger partial charge in [-0.3, -0.25) is 9.78 Å². The van der Waals surface area contributed by atoms with E-state index >= 15 is 0 Å². The van der Waals surface area contributed by atoms with E-state index in [1.807, 2.05) is 55.6 Å². The summed E-state index contributed by atoms with van der Waals surface area (Å²) in [6.07, 6.45) is 6.70. The molecule has 1 heterocycles. The van der Waals surface area contributed by atoms with E-state index in [0.717, 1.165) is 28.9 Å². The molecule has 1 N–H and O–H groups in total. The summed E-state index contributed by atoms with van der Waals surface area (Å²) < 4.78 is 0. The average molecular weight is 393 g/mol. The largest absolute Gasteiger partial charge is 0.322 e. The molecule has 2 aromatic carbocycles. The molecule has 0 fully saturated rings. The van der Waals surface area contributed by atoms with Gasteiger partial charge in [-0.2, -0.15) is 0 Å². The van der Waals surface area contributed by atoms with E-state index < -0.39 is 0 Å². The summed E-state index contributed by atoms with van der Waals surface area (Å²) in [7, 11) is 0. The Morgan fingerprint density at radius 2 is 1.82 bits per heavy atom. The highest BCUT2D eigenvalue weighted by molar-refractivity contribution is 6.31. The molecule has 1 aromatic heterocycles. The summed E-state index contributed by atoms with van der Waals surface area (Å²) in [5.41, 5.74) is 5.47. The number of aryl methyl sites for hydroxylation is 2. The number of hydrogen-bond donors (Lipinski definition) is 1. The number of carbonyl (C=O) groups is 1. The third-order valence-electron chi connectivity index (χ3n) is 4.78. The van der Waals surface area contributed by atoms with E-state index in [2.05, 4.69) is 23.3 Å².